The third kappa shape index (κ3) is 4.25. The first-order valence-electron chi connectivity index (χ1n) is 12.3. The molecular weight excluding hydrogens is 513 g/mol. The summed E-state index contributed by atoms with van der Waals surface area (Å²) in [5, 5.41) is 3.90. The molecule has 0 aliphatic carbocycles. The first-order valence-corrected chi connectivity index (χ1v) is 13.1. The monoisotopic (exact) mass is 538 g/mol. The zero-order chi connectivity index (χ0) is 26.6. The Morgan fingerprint density at radius 1 is 1.03 bits per heavy atom. The van der Waals surface area contributed by atoms with Crippen LogP contribution in [0.4, 0.5) is 35.0 Å². The topological polar surface area (TPSA) is 64.6 Å². The van der Waals surface area contributed by atoms with E-state index < -0.39 is 17.8 Å². The van der Waals surface area contributed by atoms with Gasteiger partial charge in [0.25, 0.3) is 0 Å². The fourth-order valence-corrected chi connectivity index (χ4v) is 6.05. The zero-order valence-electron chi connectivity index (χ0n) is 20.8. The van der Waals surface area contributed by atoms with Crippen molar-refractivity contribution in [1.29, 1.82) is 0 Å². The lowest BCUT2D eigenvalue weighted by molar-refractivity contribution is -0.137. The molecular formula is C27H25F3N6OS. The Labute approximate surface area is 221 Å². The predicted octanol–water partition coefficient (Wildman–Crippen LogP) is 5.80. The maximum absolute atomic E-state index is 14.3. The maximum Gasteiger partial charge on any atom is 0.418 e. The lowest BCUT2D eigenvalue weighted by atomic mass is 10.0. The summed E-state index contributed by atoms with van der Waals surface area (Å²) in [5.41, 5.74) is 2.71. The lowest BCUT2D eigenvalue weighted by Crippen LogP contribution is -2.44. The minimum Gasteiger partial charge on any atom is -0.368 e. The Kier molecular flexibility index (Phi) is 5.99. The summed E-state index contributed by atoms with van der Waals surface area (Å²) in [5.74, 6) is 0. The van der Waals surface area contributed by atoms with E-state index in [0.29, 0.717) is 43.2 Å². The number of nitrogens with one attached hydrogen (secondary N) is 1. The number of fused-ring (bicyclic) bond motifs is 3. The summed E-state index contributed by atoms with van der Waals surface area (Å²) in [6, 6.07) is 9.65. The van der Waals surface area contributed by atoms with Gasteiger partial charge >= 0.3 is 12.2 Å². The SMILES string of the molecule is Cc1ccc(-c2cc3c4c(cnc3s2)CN(C)C(=O)N4c2ccc(N3CCNCC3)c(C(F)(F)F)c2)cn1. The molecule has 38 heavy (non-hydrogen) atoms. The number of anilines is 3. The molecule has 5 heterocycles. The van der Waals surface area contributed by atoms with Gasteiger partial charge in [-0.05, 0) is 37.3 Å². The molecule has 1 N–H and O–H groups in total. The van der Waals surface area contributed by atoms with Crippen LogP contribution in [-0.2, 0) is 12.7 Å². The van der Waals surface area contributed by atoms with Gasteiger partial charge in [0, 0.05) is 78.4 Å². The van der Waals surface area contributed by atoms with Crippen molar-refractivity contribution in [3.63, 3.8) is 0 Å². The number of aryl methyl sites for hydroxylation is 1. The van der Waals surface area contributed by atoms with Crippen molar-refractivity contribution < 1.29 is 18.0 Å². The summed E-state index contributed by atoms with van der Waals surface area (Å²) in [7, 11) is 1.64. The number of pyridine rings is 2. The highest BCUT2D eigenvalue weighted by Gasteiger charge is 2.38. The fraction of sp³-hybridized carbons (Fsp3) is 0.296. The number of amides is 2. The number of hydrogen-bond acceptors (Lipinski definition) is 6. The van der Waals surface area contributed by atoms with Crippen LogP contribution in [0.25, 0.3) is 20.7 Å². The number of rotatable bonds is 3. The molecule has 196 valence electrons. The molecule has 0 bridgehead atoms. The molecule has 0 spiro atoms. The number of thiophene rings is 1. The van der Waals surface area contributed by atoms with E-state index in [-0.39, 0.29) is 11.4 Å². The Bertz CT molecular complexity index is 1530. The van der Waals surface area contributed by atoms with Crippen LogP contribution in [0.3, 0.4) is 0 Å². The van der Waals surface area contributed by atoms with Crippen molar-refractivity contribution in [2.75, 3.05) is 43.0 Å². The largest absolute Gasteiger partial charge is 0.418 e. The summed E-state index contributed by atoms with van der Waals surface area (Å²) < 4.78 is 43.0. The van der Waals surface area contributed by atoms with E-state index in [1.807, 2.05) is 25.1 Å². The second-order valence-corrected chi connectivity index (χ2v) is 10.6. The van der Waals surface area contributed by atoms with Gasteiger partial charge in [-0.25, -0.2) is 9.78 Å². The van der Waals surface area contributed by atoms with Crippen molar-refractivity contribution in [1.82, 2.24) is 20.2 Å². The van der Waals surface area contributed by atoms with Gasteiger partial charge in [-0.3, -0.25) is 9.88 Å². The molecule has 6 rings (SSSR count). The third-order valence-corrected chi connectivity index (χ3v) is 8.05. The van der Waals surface area contributed by atoms with E-state index in [2.05, 4.69) is 15.3 Å². The molecule has 1 saturated heterocycles. The molecule has 0 radical (unpaired) electrons. The van der Waals surface area contributed by atoms with Crippen molar-refractivity contribution in [2.45, 2.75) is 19.6 Å². The number of carbonyl (C=O) groups excluding carboxylic acids is 1. The zero-order valence-corrected chi connectivity index (χ0v) is 21.7. The highest BCUT2D eigenvalue weighted by Crippen LogP contribution is 2.46. The van der Waals surface area contributed by atoms with Crippen LogP contribution in [0.15, 0.2) is 48.8 Å². The van der Waals surface area contributed by atoms with Gasteiger partial charge in [-0.1, -0.05) is 6.07 Å². The van der Waals surface area contributed by atoms with Gasteiger partial charge in [0.1, 0.15) is 4.83 Å². The average Bonchev–Trinajstić information content (AvgIpc) is 3.34. The number of benzene rings is 1. The number of alkyl halides is 3. The van der Waals surface area contributed by atoms with Crippen LogP contribution in [0, 0.1) is 6.92 Å². The quantitative estimate of drug-likeness (QED) is 0.357. The minimum absolute atomic E-state index is 0.130. The number of piperazine rings is 1. The minimum atomic E-state index is -4.58. The molecule has 0 unspecified atom stereocenters. The molecule has 2 aliphatic rings. The van der Waals surface area contributed by atoms with Crippen molar-refractivity contribution in [3.8, 4) is 10.4 Å². The molecule has 11 heteroatoms. The average molecular weight is 539 g/mol. The number of halogens is 3. The van der Waals surface area contributed by atoms with Crippen molar-refractivity contribution in [2.24, 2.45) is 0 Å². The van der Waals surface area contributed by atoms with Crippen LogP contribution in [-0.4, -0.2) is 54.1 Å². The molecule has 1 fully saturated rings. The molecule has 0 atom stereocenters. The molecule has 2 amide bonds. The van der Waals surface area contributed by atoms with Gasteiger partial charge in [0.05, 0.1) is 23.5 Å². The molecule has 2 aliphatic heterocycles. The van der Waals surface area contributed by atoms with Gasteiger partial charge < -0.3 is 15.1 Å². The van der Waals surface area contributed by atoms with E-state index in [0.717, 1.165) is 33.2 Å². The highest BCUT2D eigenvalue weighted by molar-refractivity contribution is 7.22. The predicted molar refractivity (Wildman–Crippen MR) is 143 cm³/mol. The van der Waals surface area contributed by atoms with Crippen molar-refractivity contribution in [3.05, 3.63) is 65.6 Å². The highest BCUT2D eigenvalue weighted by atomic mass is 32.1. The number of urea groups is 1. The van der Waals surface area contributed by atoms with Crippen LogP contribution >= 0.6 is 11.3 Å². The summed E-state index contributed by atoms with van der Waals surface area (Å²) in [4.78, 5) is 28.8. The van der Waals surface area contributed by atoms with Gasteiger partial charge in [-0.2, -0.15) is 13.2 Å². The molecule has 7 nitrogen and oxygen atoms in total. The molecule has 1 aromatic carbocycles. The number of nitrogens with zero attached hydrogens (tertiary/aromatic N) is 5. The van der Waals surface area contributed by atoms with E-state index in [9.17, 15) is 18.0 Å². The summed E-state index contributed by atoms with van der Waals surface area (Å²) >= 11 is 1.46. The Morgan fingerprint density at radius 2 is 1.82 bits per heavy atom. The first kappa shape index (κ1) is 24.6. The molecule has 4 aromatic rings. The van der Waals surface area contributed by atoms with Crippen molar-refractivity contribution >= 4 is 44.6 Å². The van der Waals surface area contributed by atoms with E-state index in [4.69, 9.17) is 0 Å². The van der Waals surface area contributed by atoms with Gasteiger partial charge in [0.2, 0.25) is 0 Å². The van der Waals surface area contributed by atoms with Crippen LogP contribution in [0.5, 0.6) is 0 Å². The fourth-order valence-electron chi connectivity index (χ4n) is 5.05. The Hall–Kier alpha value is -3.70. The number of hydrogen-bond donors (Lipinski definition) is 1. The molecule has 0 saturated carbocycles. The third-order valence-electron chi connectivity index (χ3n) is 6.96. The maximum atomic E-state index is 14.3. The second kappa shape index (κ2) is 9.25. The van der Waals surface area contributed by atoms with E-state index in [1.54, 1.807) is 30.4 Å². The van der Waals surface area contributed by atoms with Gasteiger partial charge in [-0.15, -0.1) is 11.3 Å². The van der Waals surface area contributed by atoms with E-state index >= 15 is 0 Å². The Balaban J connectivity index is 1.51. The number of aromatic nitrogens is 2. The summed E-state index contributed by atoms with van der Waals surface area (Å²) in [6.07, 6.45) is -1.08. The standard InChI is InChI=1S/C27H25F3N6OS/c1-16-3-4-17(13-32-16)23-12-20-24-18(14-33-25(20)38-23)15-34(2)26(37)36(24)19-5-6-22(21(11-19)27(28,29)30)35-9-7-31-8-10-35/h3-6,11-14,31H,7-10,15H2,1-2H3. The lowest BCUT2D eigenvalue weighted by Gasteiger charge is -2.36. The Morgan fingerprint density at radius 3 is 2.53 bits per heavy atom. The summed E-state index contributed by atoms with van der Waals surface area (Å²) in [6.45, 7) is 4.42. The second-order valence-electron chi connectivity index (χ2n) is 9.56. The smallest absolute Gasteiger partial charge is 0.368 e. The van der Waals surface area contributed by atoms with Gasteiger partial charge in [0.15, 0.2) is 0 Å². The number of carbonyl (C=O) groups is 1. The van der Waals surface area contributed by atoms with E-state index in [1.165, 1.54) is 27.2 Å². The van der Waals surface area contributed by atoms with Crippen LogP contribution in [0.2, 0.25) is 0 Å². The molecule has 3 aromatic heterocycles. The normalized spacial score (nSPS) is 16.3. The van der Waals surface area contributed by atoms with Crippen LogP contribution in [0.1, 0.15) is 16.8 Å². The van der Waals surface area contributed by atoms with Crippen LogP contribution < -0.4 is 15.1 Å². The first-order chi connectivity index (χ1) is 18.2.